The molecule has 2 heterocycles. The van der Waals surface area contributed by atoms with Crippen molar-refractivity contribution in [2.45, 2.75) is 40.0 Å². The number of urea groups is 1. The summed E-state index contributed by atoms with van der Waals surface area (Å²) in [6, 6.07) is 12.4. The number of aryl methyl sites for hydroxylation is 1. The summed E-state index contributed by atoms with van der Waals surface area (Å²) in [5, 5.41) is 17.4. The highest BCUT2D eigenvalue weighted by molar-refractivity contribution is 5.89. The van der Waals surface area contributed by atoms with E-state index in [2.05, 4.69) is 30.7 Å². The van der Waals surface area contributed by atoms with Gasteiger partial charge in [-0.2, -0.15) is 0 Å². The van der Waals surface area contributed by atoms with E-state index in [1.165, 1.54) is 30.0 Å². The van der Waals surface area contributed by atoms with Gasteiger partial charge in [-0.3, -0.25) is 5.32 Å². The molecule has 2 N–H and O–H groups in total. The second-order valence-corrected chi connectivity index (χ2v) is 8.26. The average Bonchev–Trinajstić information content (AvgIpc) is 3.45. The quantitative estimate of drug-likeness (QED) is 0.290. The van der Waals surface area contributed by atoms with Crippen molar-refractivity contribution in [2.75, 3.05) is 12.4 Å². The number of alkyl halides is 3. The number of benzene rings is 2. The molecule has 0 spiro atoms. The Morgan fingerprint density at radius 1 is 1.08 bits per heavy atom. The number of nitrogens with zero attached hydrogens (tertiary/aromatic N) is 4. The van der Waals surface area contributed by atoms with Crippen molar-refractivity contribution < 1.29 is 36.6 Å². The molecule has 0 atom stereocenters. The van der Waals surface area contributed by atoms with Crippen LogP contribution in [0.25, 0.3) is 5.69 Å². The summed E-state index contributed by atoms with van der Waals surface area (Å²) in [6.07, 6.45) is -4.89. The van der Waals surface area contributed by atoms with Crippen molar-refractivity contribution in [2.24, 2.45) is 0 Å². The van der Waals surface area contributed by atoms with Gasteiger partial charge in [-0.1, -0.05) is 24.3 Å². The molecule has 2 aromatic carbocycles. The number of aromatic nitrogens is 4. The van der Waals surface area contributed by atoms with Crippen LogP contribution in [-0.4, -0.2) is 39.5 Å². The van der Waals surface area contributed by atoms with E-state index in [0.717, 1.165) is 0 Å². The lowest BCUT2D eigenvalue weighted by molar-refractivity contribution is -0.274. The molecule has 4 rings (SSSR count). The van der Waals surface area contributed by atoms with Crippen LogP contribution in [0.15, 0.2) is 52.9 Å². The van der Waals surface area contributed by atoms with Crippen LogP contribution in [0.1, 0.15) is 28.5 Å². The zero-order valence-electron chi connectivity index (χ0n) is 21.2. The summed E-state index contributed by atoms with van der Waals surface area (Å²) < 4.78 is 60.4. The van der Waals surface area contributed by atoms with Gasteiger partial charge in [-0.25, -0.2) is 9.48 Å². The van der Waals surface area contributed by atoms with Gasteiger partial charge in [-0.15, -0.1) is 28.5 Å². The molecule has 39 heavy (non-hydrogen) atoms. The predicted molar refractivity (Wildman–Crippen MR) is 131 cm³/mol. The van der Waals surface area contributed by atoms with Crippen molar-refractivity contribution in [1.82, 2.24) is 25.3 Å². The van der Waals surface area contributed by atoms with E-state index in [1.54, 1.807) is 38.1 Å². The van der Waals surface area contributed by atoms with Crippen LogP contribution in [0.4, 0.5) is 23.8 Å². The van der Waals surface area contributed by atoms with E-state index < -0.39 is 18.1 Å². The van der Waals surface area contributed by atoms with Gasteiger partial charge in [0.05, 0.1) is 17.9 Å². The summed E-state index contributed by atoms with van der Waals surface area (Å²) in [4.78, 5) is 12.9. The number of rotatable bonds is 10. The van der Waals surface area contributed by atoms with E-state index >= 15 is 0 Å². The fourth-order valence-electron chi connectivity index (χ4n) is 3.62. The first-order valence-corrected chi connectivity index (χ1v) is 11.6. The van der Waals surface area contributed by atoms with Crippen LogP contribution >= 0.6 is 0 Å². The van der Waals surface area contributed by atoms with Crippen LogP contribution in [0, 0.1) is 13.8 Å². The Labute approximate surface area is 220 Å². The lowest BCUT2D eigenvalue weighted by atomic mass is 10.1. The maximum Gasteiger partial charge on any atom is 0.573 e. The highest BCUT2D eigenvalue weighted by atomic mass is 19.4. The number of hydrogen-bond donors (Lipinski definition) is 2. The number of carbonyl (C=O) groups is 1. The van der Waals surface area contributed by atoms with Crippen LogP contribution < -0.4 is 20.1 Å². The number of methoxy groups -OCH3 is 1. The lowest BCUT2D eigenvalue weighted by Gasteiger charge is -2.16. The SMILES string of the molecule is COCc1ccc(OC(F)(F)F)c(CNC(=O)Nc2c(C)c(OCc3nnc(C)o3)nn2-c2ccccc2)c1. The molecule has 0 saturated heterocycles. The number of amides is 2. The minimum atomic E-state index is -4.89. The molecule has 14 heteroatoms. The number of anilines is 1. The number of halogens is 3. The Morgan fingerprint density at radius 2 is 1.85 bits per heavy atom. The standard InChI is InChI=1S/C25H25F3N6O5/c1-15-22(30-24(35)29-12-18-11-17(13-36-3)9-10-20(18)39-25(26,27)28)34(19-7-5-4-6-8-19)33-23(15)37-14-21-32-31-16(2)38-21/h4-11H,12-14H2,1-3H3,(H2,29,30,35). The van der Waals surface area contributed by atoms with Crippen LogP contribution in [0.3, 0.4) is 0 Å². The molecule has 0 radical (unpaired) electrons. The maximum atomic E-state index is 12.9. The lowest BCUT2D eigenvalue weighted by Crippen LogP contribution is -2.30. The smallest absolute Gasteiger partial charge is 0.466 e. The molecule has 0 aliphatic heterocycles. The number of para-hydroxylation sites is 1. The van der Waals surface area contributed by atoms with Crippen molar-refractivity contribution in [3.8, 4) is 17.3 Å². The third-order valence-electron chi connectivity index (χ3n) is 5.31. The van der Waals surface area contributed by atoms with Gasteiger partial charge in [0.2, 0.25) is 11.8 Å². The summed E-state index contributed by atoms with van der Waals surface area (Å²) in [5.41, 5.74) is 1.85. The predicted octanol–water partition coefficient (Wildman–Crippen LogP) is 4.82. The van der Waals surface area contributed by atoms with E-state index in [4.69, 9.17) is 13.9 Å². The highest BCUT2D eigenvalue weighted by Gasteiger charge is 2.32. The van der Waals surface area contributed by atoms with E-state index in [0.29, 0.717) is 22.7 Å². The number of nitrogens with one attached hydrogen (secondary N) is 2. The molecule has 0 aliphatic carbocycles. The van der Waals surface area contributed by atoms with Crippen LogP contribution in [0.2, 0.25) is 0 Å². The molecule has 2 amide bonds. The zero-order valence-corrected chi connectivity index (χ0v) is 21.2. The third-order valence-corrected chi connectivity index (χ3v) is 5.31. The molecular weight excluding hydrogens is 521 g/mol. The normalized spacial score (nSPS) is 11.3. The first-order chi connectivity index (χ1) is 18.6. The Bertz CT molecular complexity index is 1420. The van der Waals surface area contributed by atoms with Crippen molar-refractivity contribution in [3.05, 3.63) is 77.0 Å². The number of carbonyl (C=O) groups excluding carboxylic acids is 1. The fraction of sp³-hybridized carbons (Fsp3) is 0.280. The van der Waals surface area contributed by atoms with Gasteiger partial charge in [-0.05, 0) is 36.8 Å². The second-order valence-electron chi connectivity index (χ2n) is 8.26. The van der Waals surface area contributed by atoms with E-state index in [-0.39, 0.29) is 42.9 Å². The molecule has 0 aliphatic rings. The highest BCUT2D eigenvalue weighted by Crippen LogP contribution is 2.30. The maximum absolute atomic E-state index is 12.9. The summed E-state index contributed by atoms with van der Waals surface area (Å²) in [6.45, 7) is 3.22. The molecule has 0 saturated carbocycles. The summed E-state index contributed by atoms with van der Waals surface area (Å²) >= 11 is 0. The van der Waals surface area contributed by atoms with Gasteiger partial charge in [0.15, 0.2) is 6.61 Å². The van der Waals surface area contributed by atoms with E-state index in [9.17, 15) is 18.0 Å². The molecule has 2 aromatic heterocycles. The van der Waals surface area contributed by atoms with Crippen molar-refractivity contribution in [3.63, 3.8) is 0 Å². The molecule has 0 fully saturated rings. The number of ether oxygens (including phenoxy) is 3. The van der Waals surface area contributed by atoms with Gasteiger partial charge in [0.1, 0.15) is 11.6 Å². The van der Waals surface area contributed by atoms with Gasteiger partial charge in [0, 0.05) is 26.1 Å². The van der Waals surface area contributed by atoms with Crippen LogP contribution in [0.5, 0.6) is 11.6 Å². The monoisotopic (exact) mass is 546 g/mol. The molecular formula is C25H25F3N6O5. The van der Waals surface area contributed by atoms with Gasteiger partial charge in [0.25, 0.3) is 5.89 Å². The first-order valence-electron chi connectivity index (χ1n) is 11.6. The molecule has 0 unspecified atom stereocenters. The molecule has 4 aromatic rings. The van der Waals surface area contributed by atoms with Gasteiger partial charge >= 0.3 is 12.4 Å². The zero-order chi connectivity index (χ0) is 28.0. The van der Waals surface area contributed by atoms with Gasteiger partial charge < -0.3 is 23.9 Å². The molecule has 0 bridgehead atoms. The average molecular weight is 547 g/mol. The Kier molecular flexibility index (Phi) is 8.34. The van der Waals surface area contributed by atoms with Crippen molar-refractivity contribution in [1.29, 1.82) is 0 Å². The summed E-state index contributed by atoms with van der Waals surface area (Å²) in [7, 11) is 1.46. The van der Waals surface area contributed by atoms with Crippen molar-refractivity contribution >= 4 is 11.8 Å². The summed E-state index contributed by atoms with van der Waals surface area (Å²) in [5.74, 6) is 0.699. The third kappa shape index (κ3) is 7.25. The minimum absolute atomic E-state index is 0.0427. The largest absolute Gasteiger partial charge is 0.573 e. The Hall–Kier alpha value is -4.59. The second kappa shape index (κ2) is 11.9. The van der Waals surface area contributed by atoms with E-state index in [1.807, 2.05) is 6.07 Å². The first kappa shape index (κ1) is 27.4. The topological polar surface area (TPSA) is 126 Å². The molecule has 11 nitrogen and oxygen atoms in total. The van der Waals surface area contributed by atoms with Crippen LogP contribution in [-0.2, 0) is 24.5 Å². The Balaban J connectivity index is 1.53. The minimum Gasteiger partial charge on any atom is -0.466 e. The fourth-order valence-corrected chi connectivity index (χ4v) is 3.62. The Morgan fingerprint density at radius 3 is 2.51 bits per heavy atom. The molecule has 206 valence electrons. The number of hydrogen-bond acceptors (Lipinski definition) is 8.